The molecule has 1 aromatic carbocycles. The first-order valence-corrected chi connectivity index (χ1v) is 8.73. The first kappa shape index (κ1) is 19.9. The Bertz CT molecular complexity index is 657. The van der Waals surface area contributed by atoms with Crippen LogP contribution >= 0.6 is 0 Å². The third-order valence-corrected chi connectivity index (χ3v) is 4.17. The number of carbonyl (C=O) groups excluding carboxylic acids is 3. The van der Waals surface area contributed by atoms with Gasteiger partial charge in [0, 0.05) is 19.3 Å². The van der Waals surface area contributed by atoms with Crippen molar-refractivity contribution in [2.75, 3.05) is 44.9 Å². The minimum absolute atomic E-state index is 0.0285. The van der Waals surface area contributed by atoms with Gasteiger partial charge in [-0.05, 0) is 25.0 Å². The minimum Gasteiger partial charge on any atom is -0.375 e. The Labute approximate surface area is 154 Å². The quantitative estimate of drug-likeness (QED) is 0.733. The van der Waals surface area contributed by atoms with E-state index in [0.29, 0.717) is 6.54 Å². The highest BCUT2D eigenvalue weighted by Gasteiger charge is 2.33. The highest BCUT2D eigenvalue weighted by atomic mass is 16.5. The van der Waals surface area contributed by atoms with Gasteiger partial charge in [0.2, 0.25) is 17.7 Å². The molecule has 0 atom stereocenters. The van der Waals surface area contributed by atoms with Gasteiger partial charge in [0.1, 0.15) is 19.8 Å². The molecule has 0 radical (unpaired) electrons. The predicted molar refractivity (Wildman–Crippen MR) is 98.5 cm³/mol. The molecule has 1 aliphatic heterocycles. The van der Waals surface area contributed by atoms with E-state index in [0.717, 1.165) is 11.3 Å². The van der Waals surface area contributed by atoms with Gasteiger partial charge >= 0.3 is 0 Å². The molecule has 0 aromatic heterocycles. The molecule has 7 heteroatoms. The van der Waals surface area contributed by atoms with Gasteiger partial charge in [-0.2, -0.15) is 0 Å². The molecule has 1 saturated heterocycles. The number of benzene rings is 1. The summed E-state index contributed by atoms with van der Waals surface area (Å²) in [5, 5.41) is 0. The summed E-state index contributed by atoms with van der Waals surface area (Å²) >= 11 is 0. The molecule has 3 amide bonds. The van der Waals surface area contributed by atoms with Crippen LogP contribution in [0.25, 0.3) is 0 Å². The van der Waals surface area contributed by atoms with Crippen molar-refractivity contribution in [3.8, 4) is 0 Å². The van der Waals surface area contributed by atoms with Crippen LogP contribution in [-0.4, -0.2) is 67.5 Å². The third kappa shape index (κ3) is 5.05. The van der Waals surface area contributed by atoms with Crippen LogP contribution in [0.2, 0.25) is 0 Å². The fourth-order valence-electron chi connectivity index (χ4n) is 2.84. The second kappa shape index (κ2) is 8.80. The van der Waals surface area contributed by atoms with Crippen LogP contribution in [0.1, 0.15) is 19.4 Å². The van der Waals surface area contributed by atoms with Gasteiger partial charge in [-0.1, -0.05) is 31.5 Å². The lowest BCUT2D eigenvalue weighted by atomic mass is 10.2. The van der Waals surface area contributed by atoms with E-state index in [9.17, 15) is 14.4 Å². The summed E-state index contributed by atoms with van der Waals surface area (Å²) in [6.45, 7) is 6.54. The number of aryl methyl sites for hydroxylation is 1. The fourth-order valence-corrected chi connectivity index (χ4v) is 2.84. The van der Waals surface area contributed by atoms with Crippen molar-refractivity contribution in [2.24, 2.45) is 5.92 Å². The van der Waals surface area contributed by atoms with Crippen LogP contribution in [-0.2, 0) is 19.1 Å². The molecule has 1 aromatic rings. The van der Waals surface area contributed by atoms with Crippen molar-refractivity contribution in [3.63, 3.8) is 0 Å². The van der Waals surface area contributed by atoms with Crippen LogP contribution in [0, 0.1) is 12.8 Å². The number of hydrogen-bond donors (Lipinski definition) is 0. The molecule has 0 unspecified atom stereocenters. The number of hydrogen-bond acceptors (Lipinski definition) is 4. The van der Waals surface area contributed by atoms with Gasteiger partial charge in [0.05, 0.1) is 6.54 Å². The van der Waals surface area contributed by atoms with Crippen molar-refractivity contribution in [1.29, 1.82) is 0 Å². The van der Waals surface area contributed by atoms with Crippen molar-refractivity contribution in [1.82, 2.24) is 9.80 Å². The number of carbonyl (C=O) groups is 3. The Hall–Kier alpha value is -2.41. The summed E-state index contributed by atoms with van der Waals surface area (Å²) in [5.74, 6) is -0.359. The average molecular weight is 361 g/mol. The molecule has 0 saturated carbocycles. The zero-order chi connectivity index (χ0) is 19.3. The number of methoxy groups -OCH3 is 1. The monoisotopic (exact) mass is 361 g/mol. The summed E-state index contributed by atoms with van der Waals surface area (Å²) in [6.07, 6.45) is 0. The Balaban J connectivity index is 2.03. The maximum absolute atomic E-state index is 12.6. The first-order valence-electron chi connectivity index (χ1n) is 8.73. The van der Waals surface area contributed by atoms with Gasteiger partial charge in [-0.25, -0.2) is 0 Å². The van der Waals surface area contributed by atoms with Gasteiger partial charge in [0.25, 0.3) is 0 Å². The van der Waals surface area contributed by atoms with Crippen LogP contribution < -0.4 is 4.90 Å². The molecular formula is C19H27N3O4. The number of rotatable bonds is 7. The highest BCUT2D eigenvalue weighted by Crippen LogP contribution is 2.20. The minimum atomic E-state index is -0.238. The Morgan fingerprint density at radius 2 is 1.88 bits per heavy atom. The normalized spacial score (nSPS) is 14.3. The zero-order valence-corrected chi connectivity index (χ0v) is 15.9. The van der Waals surface area contributed by atoms with Crippen LogP contribution in [0.5, 0.6) is 0 Å². The van der Waals surface area contributed by atoms with Crippen LogP contribution in [0.15, 0.2) is 24.3 Å². The summed E-state index contributed by atoms with van der Waals surface area (Å²) in [7, 11) is 1.45. The Morgan fingerprint density at radius 3 is 2.46 bits per heavy atom. The smallest absolute Gasteiger partial charge is 0.249 e. The van der Waals surface area contributed by atoms with E-state index in [2.05, 4.69) is 0 Å². The summed E-state index contributed by atoms with van der Waals surface area (Å²) in [4.78, 5) is 41.7. The lowest BCUT2D eigenvalue weighted by Gasteiger charge is -2.26. The summed E-state index contributed by atoms with van der Waals surface area (Å²) in [5.41, 5.74) is 1.87. The average Bonchev–Trinajstić information content (AvgIpc) is 2.96. The van der Waals surface area contributed by atoms with Crippen molar-refractivity contribution < 1.29 is 19.1 Å². The largest absolute Gasteiger partial charge is 0.375 e. The first-order chi connectivity index (χ1) is 12.3. The van der Waals surface area contributed by atoms with E-state index in [4.69, 9.17) is 4.74 Å². The van der Waals surface area contributed by atoms with Crippen molar-refractivity contribution in [2.45, 2.75) is 20.8 Å². The van der Waals surface area contributed by atoms with Gasteiger partial charge in [0.15, 0.2) is 0 Å². The molecule has 1 heterocycles. The molecular weight excluding hydrogens is 334 g/mol. The van der Waals surface area contributed by atoms with E-state index in [1.54, 1.807) is 4.90 Å². The lowest BCUT2D eigenvalue weighted by molar-refractivity contribution is -0.142. The van der Waals surface area contributed by atoms with Gasteiger partial charge in [-0.3, -0.25) is 19.3 Å². The molecule has 142 valence electrons. The maximum atomic E-state index is 12.6. The summed E-state index contributed by atoms with van der Waals surface area (Å²) < 4.78 is 4.90. The molecule has 1 aliphatic rings. The van der Waals surface area contributed by atoms with E-state index < -0.39 is 0 Å². The second-order valence-corrected chi connectivity index (χ2v) is 6.99. The van der Waals surface area contributed by atoms with Crippen molar-refractivity contribution >= 4 is 23.4 Å². The number of ether oxygens (including phenoxy) is 1. The Morgan fingerprint density at radius 1 is 1.23 bits per heavy atom. The molecule has 0 aliphatic carbocycles. The summed E-state index contributed by atoms with van der Waals surface area (Å²) in [6, 6.07) is 7.60. The molecule has 0 bridgehead atoms. The molecule has 7 nitrogen and oxygen atoms in total. The number of anilines is 1. The van der Waals surface area contributed by atoms with Crippen LogP contribution in [0.3, 0.4) is 0 Å². The van der Waals surface area contributed by atoms with E-state index >= 15 is 0 Å². The lowest BCUT2D eigenvalue weighted by Crippen LogP contribution is -2.45. The predicted octanol–water partition coefficient (Wildman–Crippen LogP) is 1.26. The molecule has 0 spiro atoms. The Kier molecular flexibility index (Phi) is 6.74. The standard InChI is InChI=1S/C19H27N3O4/c1-14(2)9-20(19(25)12-26-4)10-17(23)21-11-18(24)22(13-21)16-7-5-15(3)6-8-16/h5-8,14H,9-13H2,1-4H3. The highest BCUT2D eigenvalue weighted by molar-refractivity contribution is 6.00. The topological polar surface area (TPSA) is 70.2 Å². The third-order valence-electron chi connectivity index (χ3n) is 4.17. The van der Waals surface area contributed by atoms with Crippen LogP contribution in [0.4, 0.5) is 5.69 Å². The van der Waals surface area contributed by atoms with Gasteiger partial charge < -0.3 is 14.5 Å². The van der Waals surface area contributed by atoms with E-state index in [-0.39, 0.29) is 50.0 Å². The molecule has 1 fully saturated rings. The zero-order valence-electron chi connectivity index (χ0n) is 15.9. The molecule has 26 heavy (non-hydrogen) atoms. The number of amides is 3. The van der Waals surface area contributed by atoms with E-state index in [1.165, 1.54) is 16.9 Å². The molecule has 2 rings (SSSR count). The van der Waals surface area contributed by atoms with E-state index in [1.807, 2.05) is 45.0 Å². The second-order valence-electron chi connectivity index (χ2n) is 6.99. The van der Waals surface area contributed by atoms with Crippen molar-refractivity contribution in [3.05, 3.63) is 29.8 Å². The van der Waals surface area contributed by atoms with Gasteiger partial charge in [-0.15, -0.1) is 0 Å². The number of nitrogens with zero attached hydrogens (tertiary/aromatic N) is 3. The molecule has 0 N–H and O–H groups in total. The maximum Gasteiger partial charge on any atom is 0.249 e. The SMILES string of the molecule is COCC(=O)N(CC(=O)N1CC(=O)N(c2ccc(C)cc2)C1)CC(C)C. The fraction of sp³-hybridized carbons (Fsp3) is 0.526.